The molecule has 0 amide bonds. The van der Waals surface area contributed by atoms with Crippen molar-refractivity contribution in [1.82, 2.24) is 19.8 Å². The van der Waals surface area contributed by atoms with E-state index in [4.69, 9.17) is 0 Å². The van der Waals surface area contributed by atoms with Crippen molar-refractivity contribution in [3.05, 3.63) is 11.8 Å². The lowest BCUT2D eigenvalue weighted by Crippen LogP contribution is -2.33. The van der Waals surface area contributed by atoms with Crippen LogP contribution < -0.4 is 5.32 Å². The quantitative estimate of drug-likeness (QED) is 0.831. The van der Waals surface area contributed by atoms with E-state index in [2.05, 4.69) is 15.5 Å². The van der Waals surface area contributed by atoms with Gasteiger partial charge in [0.25, 0.3) is 10.0 Å². The van der Waals surface area contributed by atoms with Crippen molar-refractivity contribution in [3.8, 4) is 0 Å². The van der Waals surface area contributed by atoms with Crippen molar-refractivity contribution in [2.75, 3.05) is 20.6 Å². The van der Waals surface area contributed by atoms with E-state index < -0.39 is 10.0 Å². The maximum absolute atomic E-state index is 12.6. The smallest absolute Gasteiger partial charge is 0.260 e. The molecule has 0 radical (unpaired) electrons. The summed E-state index contributed by atoms with van der Waals surface area (Å²) in [7, 11) is -0.0251. The Balaban J connectivity index is 2.10. The number of nitrogens with zero attached hydrogens (tertiary/aromatic N) is 2. The molecule has 2 rings (SSSR count). The van der Waals surface area contributed by atoms with Crippen LogP contribution >= 0.6 is 0 Å². The first kappa shape index (κ1) is 15.5. The summed E-state index contributed by atoms with van der Waals surface area (Å²) in [5.74, 6) is 0.485. The van der Waals surface area contributed by atoms with E-state index in [0.29, 0.717) is 24.6 Å². The van der Waals surface area contributed by atoms with E-state index in [1.165, 1.54) is 23.6 Å². The van der Waals surface area contributed by atoms with E-state index >= 15 is 0 Å². The highest BCUT2D eigenvalue weighted by molar-refractivity contribution is 7.89. The van der Waals surface area contributed by atoms with Crippen LogP contribution in [0.4, 0.5) is 0 Å². The Labute approximate surface area is 121 Å². The van der Waals surface area contributed by atoms with Gasteiger partial charge >= 0.3 is 0 Å². The molecule has 0 spiro atoms. The van der Waals surface area contributed by atoms with E-state index in [9.17, 15) is 8.42 Å². The molecule has 0 bridgehead atoms. The average Bonchev–Trinajstić information content (AvgIpc) is 2.89. The van der Waals surface area contributed by atoms with E-state index in [-0.39, 0.29) is 5.03 Å². The zero-order chi connectivity index (χ0) is 14.6. The standard InChI is InChI=1S/C13H24N4O2S/c1-14-8-12-9-15-16-13(12)20(18,19)17(2)10-11-6-4-3-5-7-11/h9,11,14H,3-8,10H2,1-2H3,(H,15,16). The SMILES string of the molecule is CNCc1cn[nH]c1S(=O)(=O)N(C)CC1CCCCC1. The van der Waals surface area contributed by atoms with Crippen molar-refractivity contribution in [2.45, 2.75) is 43.7 Å². The maximum atomic E-state index is 12.6. The monoisotopic (exact) mass is 300 g/mol. The number of H-pyrrole nitrogens is 1. The zero-order valence-electron chi connectivity index (χ0n) is 12.2. The van der Waals surface area contributed by atoms with Gasteiger partial charge in [-0.3, -0.25) is 5.10 Å². The summed E-state index contributed by atoms with van der Waals surface area (Å²) in [6.07, 6.45) is 7.54. The Kier molecular flexibility index (Phi) is 5.17. The minimum absolute atomic E-state index is 0.213. The number of rotatable bonds is 6. The molecule has 1 aliphatic rings. The molecule has 0 saturated heterocycles. The van der Waals surface area contributed by atoms with E-state index in [1.807, 2.05) is 0 Å². The van der Waals surface area contributed by atoms with Crippen LogP contribution in [-0.2, 0) is 16.6 Å². The van der Waals surface area contributed by atoms with E-state index in [0.717, 1.165) is 12.8 Å². The minimum Gasteiger partial charge on any atom is -0.316 e. The van der Waals surface area contributed by atoms with Gasteiger partial charge in [-0.15, -0.1) is 0 Å². The van der Waals surface area contributed by atoms with Gasteiger partial charge in [0, 0.05) is 25.7 Å². The van der Waals surface area contributed by atoms with Gasteiger partial charge in [0.05, 0.1) is 6.20 Å². The third-order valence-electron chi connectivity index (χ3n) is 3.95. The molecule has 0 aromatic carbocycles. The van der Waals surface area contributed by atoms with Crippen molar-refractivity contribution >= 4 is 10.0 Å². The molecule has 1 heterocycles. The molecule has 0 atom stereocenters. The second kappa shape index (κ2) is 6.69. The van der Waals surface area contributed by atoms with Crippen molar-refractivity contribution in [3.63, 3.8) is 0 Å². The molecule has 2 N–H and O–H groups in total. The maximum Gasteiger partial charge on any atom is 0.260 e. The van der Waals surface area contributed by atoms with Gasteiger partial charge in [0.2, 0.25) is 0 Å². The molecule has 6 nitrogen and oxygen atoms in total. The number of hydrogen-bond acceptors (Lipinski definition) is 4. The fraction of sp³-hybridized carbons (Fsp3) is 0.769. The largest absolute Gasteiger partial charge is 0.316 e. The molecule has 1 saturated carbocycles. The van der Waals surface area contributed by atoms with Crippen molar-refractivity contribution in [2.24, 2.45) is 5.92 Å². The van der Waals surface area contributed by atoms with Crippen LogP contribution in [0.3, 0.4) is 0 Å². The van der Waals surface area contributed by atoms with Gasteiger partial charge in [-0.25, -0.2) is 8.42 Å². The second-order valence-electron chi connectivity index (χ2n) is 5.54. The summed E-state index contributed by atoms with van der Waals surface area (Å²) in [6.45, 7) is 1.09. The van der Waals surface area contributed by atoms with Gasteiger partial charge < -0.3 is 5.32 Å². The summed E-state index contributed by atoms with van der Waals surface area (Å²) < 4.78 is 26.6. The Bertz CT molecular complexity index is 520. The number of aromatic nitrogens is 2. The molecule has 1 aromatic heterocycles. The molecule has 114 valence electrons. The van der Waals surface area contributed by atoms with Gasteiger partial charge in [-0.05, 0) is 25.8 Å². The number of hydrogen-bond donors (Lipinski definition) is 2. The Morgan fingerprint density at radius 2 is 2.10 bits per heavy atom. The van der Waals surface area contributed by atoms with Crippen LogP contribution in [0.1, 0.15) is 37.7 Å². The van der Waals surface area contributed by atoms with Crippen LogP contribution in [0, 0.1) is 5.92 Å². The lowest BCUT2D eigenvalue weighted by Gasteiger charge is -2.26. The Morgan fingerprint density at radius 1 is 1.40 bits per heavy atom. The predicted molar refractivity (Wildman–Crippen MR) is 77.7 cm³/mol. The number of nitrogens with one attached hydrogen (secondary N) is 2. The summed E-state index contributed by atoms with van der Waals surface area (Å²) in [6, 6.07) is 0. The summed E-state index contributed by atoms with van der Waals surface area (Å²) in [5, 5.41) is 9.67. The van der Waals surface area contributed by atoms with Gasteiger partial charge in [0.15, 0.2) is 5.03 Å². The normalized spacial score (nSPS) is 17.8. The number of sulfonamides is 1. The van der Waals surface area contributed by atoms with Crippen LogP contribution in [0.15, 0.2) is 11.2 Å². The highest BCUT2D eigenvalue weighted by Gasteiger charge is 2.28. The van der Waals surface area contributed by atoms with Crippen LogP contribution in [-0.4, -0.2) is 43.6 Å². The van der Waals surface area contributed by atoms with Crippen LogP contribution in [0.25, 0.3) is 0 Å². The fourth-order valence-electron chi connectivity index (χ4n) is 2.83. The molecule has 0 aliphatic heterocycles. The van der Waals surface area contributed by atoms with Gasteiger partial charge in [0.1, 0.15) is 0 Å². The first-order valence-electron chi connectivity index (χ1n) is 7.19. The highest BCUT2D eigenvalue weighted by Crippen LogP contribution is 2.26. The minimum atomic E-state index is -3.47. The molecule has 1 aliphatic carbocycles. The van der Waals surface area contributed by atoms with Crippen molar-refractivity contribution in [1.29, 1.82) is 0 Å². The molecule has 1 fully saturated rings. The average molecular weight is 300 g/mol. The fourth-order valence-corrected chi connectivity index (χ4v) is 4.17. The molecule has 20 heavy (non-hydrogen) atoms. The Morgan fingerprint density at radius 3 is 2.75 bits per heavy atom. The predicted octanol–water partition coefficient (Wildman–Crippen LogP) is 1.33. The zero-order valence-corrected chi connectivity index (χ0v) is 13.0. The molecule has 0 unspecified atom stereocenters. The first-order chi connectivity index (χ1) is 9.55. The molecule has 1 aromatic rings. The van der Waals surface area contributed by atoms with E-state index in [1.54, 1.807) is 20.3 Å². The highest BCUT2D eigenvalue weighted by atomic mass is 32.2. The lowest BCUT2D eigenvalue weighted by molar-refractivity contribution is 0.299. The molecule has 7 heteroatoms. The first-order valence-corrected chi connectivity index (χ1v) is 8.63. The lowest BCUT2D eigenvalue weighted by atomic mass is 9.89. The topological polar surface area (TPSA) is 78.1 Å². The van der Waals surface area contributed by atoms with Crippen LogP contribution in [0.5, 0.6) is 0 Å². The van der Waals surface area contributed by atoms with Gasteiger partial charge in [-0.2, -0.15) is 9.40 Å². The Hall–Kier alpha value is -0.920. The number of aromatic amines is 1. The second-order valence-corrected chi connectivity index (χ2v) is 7.53. The molecular weight excluding hydrogens is 276 g/mol. The van der Waals surface area contributed by atoms with Crippen LogP contribution in [0.2, 0.25) is 0 Å². The summed E-state index contributed by atoms with van der Waals surface area (Å²) in [5.41, 5.74) is 0.683. The third-order valence-corrected chi connectivity index (χ3v) is 5.79. The third kappa shape index (κ3) is 3.39. The van der Waals surface area contributed by atoms with Gasteiger partial charge in [-0.1, -0.05) is 19.3 Å². The molecular formula is C13H24N4O2S. The summed E-state index contributed by atoms with van der Waals surface area (Å²) in [4.78, 5) is 0. The summed E-state index contributed by atoms with van der Waals surface area (Å²) >= 11 is 0. The van der Waals surface area contributed by atoms with Crippen molar-refractivity contribution < 1.29 is 8.42 Å².